The molecule has 0 radical (unpaired) electrons. The summed E-state index contributed by atoms with van der Waals surface area (Å²) >= 11 is 0. The van der Waals surface area contributed by atoms with Gasteiger partial charge in [-0.2, -0.15) is 0 Å². The van der Waals surface area contributed by atoms with Crippen LogP contribution in [-0.2, 0) is 6.54 Å². The van der Waals surface area contributed by atoms with E-state index in [1.165, 1.54) is 0 Å². The van der Waals surface area contributed by atoms with Gasteiger partial charge >= 0.3 is 0 Å². The fourth-order valence-electron chi connectivity index (χ4n) is 2.19. The summed E-state index contributed by atoms with van der Waals surface area (Å²) in [6.07, 6.45) is 0.281. The minimum absolute atomic E-state index is 0.107. The fraction of sp³-hybridized carbons (Fsp3) is 0.538. The van der Waals surface area contributed by atoms with Crippen LogP contribution in [0.25, 0.3) is 0 Å². The van der Waals surface area contributed by atoms with Gasteiger partial charge in [0.2, 0.25) is 0 Å². The lowest BCUT2D eigenvalue weighted by Gasteiger charge is -2.31. The van der Waals surface area contributed by atoms with Crippen LogP contribution in [0.15, 0.2) is 30.3 Å². The van der Waals surface area contributed by atoms with E-state index in [1.54, 1.807) is 0 Å². The maximum absolute atomic E-state index is 13.3. The Morgan fingerprint density at radius 1 is 1.25 bits per heavy atom. The van der Waals surface area contributed by atoms with Crippen molar-refractivity contribution < 1.29 is 9.50 Å². The lowest BCUT2D eigenvalue weighted by Crippen LogP contribution is -2.47. The molecule has 2 nitrogen and oxygen atoms in total. The van der Waals surface area contributed by atoms with E-state index in [-0.39, 0.29) is 6.04 Å². The van der Waals surface area contributed by atoms with Crippen LogP contribution in [0.1, 0.15) is 24.8 Å². The third kappa shape index (κ3) is 2.80. The normalized spacial score (nSPS) is 30.2. The van der Waals surface area contributed by atoms with Crippen LogP contribution in [0.5, 0.6) is 0 Å². The number of halogens is 1. The van der Waals surface area contributed by atoms with Gasteiger partial charge in [-0.3, -0.25) is 0 Å². The number of hydrogen-bond acceptors (Lipinski definition) is 2. The van der Waals surface area contributed by atoms with Crippen molar-refractivity contribution in [3.8, 4) is 0 Å². The number of benzene rings is 1. The van der Waals surface area contributed by atoms with Crippen LogP contribution in [0.3, 0.4) is 0 Å². The standard InChI is InChI=1S/C13H18FNO/c14-11-7-4-8-12(13(11)16)15-9-10-5-2-1-3-6-10/h1-3,5-6,11-13,15-16H,4,7-9H2/t11-,12-,13+/m1/s1. The summed E-state index contributed by atoms with van der Waals surface area (Å²) in [7, 11) is 0. The molecule has 1 fully saturated rings. The van der Waals surface area contributed by atoms with Crippen molar-refractivity contribution in [2.45, 2.75) is 44.1 Å². The zero-order valence-electron chi connectivity index (χ0n) is 9.27. The highest BCUT2D eigenvalue weighted by Crippen LogP contribution is 2.22. The van der Waals surface area contributed by atoms with Gasteiger partial charge in [0.25, 0.3) is 0 Å². The highest BCUT2D eigenvalue weighted by molar-refractivity contribution is 5.14. The molecule has 0 heterocycles. The first-order valence-corrected chi connectivity index (χ1v) is 5.87. The molecule has 0 unspecified atom stereocenters. The van der Waals surface area contributed by atoms with Crippen molar-refractivity contribution in [1.29, 1.82) is 0 Å². The Morgan fingerprint density at radius 2 is 2.00 bits per heavy atom. The summed E-state index contributed by atoms with van der Waals surface area (Å²) < 4.78 is 13.3. The predicted molar refractivity (Wildman–Crippen MR) is 61.8 cm³/mol. The van der Waals surface area contributed by atoms with E-state index >= 15 is 0 Å². The van der Waals surface area contributed by atoms with E-state index in [9.17, 15) is 9.50 Å². The van der Waals surface area contributed by atoms with Gasteiger partial charge in [0.1, 0.15) is 12.3 Å². The Morgan fingerprint density at radius 3 is 2.75 bits per heavy atom. The van der Waals surface area contributed by atoms with E-state index in [0.717, 1.165) is 18.4 Å². The quantitative estimate of drug-likeness (QED) is 0.821. The maximum Gasteiger partial charge on any atom is 0.127 e. The highest BCUT2D eigenvalue weighted by Gasteiger charge is 2.31. The second-order valence-electron chi connectivity index (χ2n) is 4.41. The second-order valence-corrected chi connectivity index (χ2v) is 4.41. The van der Waals surface area contributed by atoms with Crippen molar-refractivity contribution in [3.05, 3.63) is 35.9 Å². The molecule has 1 aromatic carbocycles. The molecule has 3 heteroatoms. The van der Waals surface area contributed by atoms with Gasteiger partial charge in [0.05, 0.1) is 0 Å². The lowest BCUT2D eigenvalue weighted by molar-refractivity contribution is 0.0161. The molecule has 2 N–H and O–H groups in total. The Hall–Kier alpha value is -0.930. The van der Waals surface area contributed by atoms with Gasteiger partial charge < -0.3 is 10.4 Å². The van der Waals surface area contributed by atoms with Gasteiger partial charge in [-0.1, -0.05) is 30.3 Å². The third-order valence-electron chi connectivity index (χ3n) is 3.19. The molecule has 2 rings (SSSR count). The molecule has 0 bridgehead atoms. The number of nitrogens with one attached hydrogen (secondary N) is 1. The first kappa shape index (κ1) is 11.6. The SMILES string of the molecule is O[C@H]1[C@H](F)CCC[C@H]1NCc1ccccc1. The van der Waals surface area contributed by atoms with Gasteiger partial charge in [-0.25, -0.2) is 4.39 Å². The lowest BCUT2D eigenvalue weighted by atomic mass is 9.91. The maximum atomic E-state index is 13.3. The van der Waals surface area contributed by atoms with E-state index < -0.39 is 12.3 Å². The summed E-state index contributed by atoms with van der Waals surface area (Å²) in [4.78, 5) is 0. The third-order valence-corrected chi connectivity index (χ3v) is 3.19. The number of rotatable bonds is 3. The van der Waals surface area contributed by atoms with E-state index in [1.807, 2.05) is 30.3 Å². The number of alkyl halides is 1. The molecule has 0 aliphatic heterocycles. The zero-order chi connectivity index (χ0) is 11.4. The largest absolute Gasteiger partial charge is 0.388 e. The minimum Gasteiger partial charge on any atom is -0.388 e. The number of aliphatic hydroxyl groups excluding tert-OH is 1. The molecule has 3 atom stereocenters. The monoisotopic (exact) mass is 223 g/mol. The van der Waals surface area contributed by atoms with Crippen LogP contribution in [0.2, 0.25) is 0 Å². The van der Waals surface area contributed by atoms with Gasteiger partial charge in [-0.15, -0.1) is 0 Å². The second kappa shape index (κ2) is 5.41. The topological polar surface area (TPSA) is 32.3 Å². The summed E-state index contributed by atoms with van der Waals surface area (Å²) in [5.74, 6) is 0. The molecule has 16 heavy (non-hydrogen) atoms. The molecule has 0 spiro atoms. The van der Waals surface area contributed by atoms with Crippen molar-refractivity contribution in [2.24, 2.45) is 0 Å². The van der Waals surface area contributed by atoms with Crippen LogP contribution in [0.4, 0.5) is 4.39 Å². The molecule has 0 aromatic heterocycles. The average molecular weight is 223 g/mol. The van der Waals surface area contributed by atoms with Gasteiger partial charge in [-0.05, 0) is 24.8 Å². The van der Waals surface area contributed by atoms with Crippen LogP contribution >= 0.6 is 0 Å². The molecule has 1 aliphatic rings. The summed E-state index contributed by atoms with van der Waals surface area (Å²) in [6, 6.07) is 9.86. The summed E-state index contributed by atoms with van der Waals surface area (Å²) in [5, 5.41) is 12.9. The van der Waals surface area contributed by atoms with E-state index in [0.29, 0.717) is 13.0 Å². The molecule has 0 saturated heterocycles. The van der Waals surface area contributed by atoms with E-state index in [4.69, 9.17) is 0 Å². The molecule has 1 aromatic rings. The van der Waals surface area contributed by atoms with Crippen molar-refractivity contribution >= 4 is 0 Å². The van der Waals surface area contributed by atoms with Gasteiger partial charge in [0, 0.05) is 12.6 Å². The number of hydrogen-bond donors (Lipinski definition) is 2. The molecular formula is C13H18FNO. The minimum atomic E-state index is -1.07. The predicted octanol–water partition coefficient (Wildman–Crippen LogP) is 2.03. The molecule has 1 saturated carbocycles. The molecular weight excluding hydrogens is 205 g/mol. The zero-order valence-corrected chi connectivity index (χ0v) is 9.27. The van der Waals surface area contributed by atoms with E-state index in [2.05, 4.69) is 5.32 Å². The van der Waals surface area contributed by atoms with Gasteiger partial charge in [0.15, 0.2) is 0 Å². The van der Waals surface area contributed by atoms with Crippen LogP contribution in [-0.4, -0.2) is 23.4 Å². The Balaban J connectivity index is 1.85. The van der Waals surface area contributed by atoms with Crippen molar-refractivity contribution in [3.63, 3.8) is 0 Å². The van der Waals surface area contributed by atoms with Crippen molar-refractivity contribution in [2.75, 3.05) is 0 Å². The Bertz CT molecular complexity index is 317. The van der Waals surface area contributed by atoms with Crippen molar-refractivity contribution in [1.82, 2.24) is 5.32 Å². The Kier molecular flexibility index (Phi) is 3.91. The molecule has 0 amide bonds. The summed E-state index contributed by atoms with van der Waals surface area (Å²) in [6.45, 7) is 0.690. The smallest absolute Gasteiger partial charge is 0.127 e. The highest BCUT2D eigenvalue weighted by atomic mass is 19.1. The number of aliphatic hydroxyl groups is 1. The Labute approximate surface area is 95.5 Å². The van der Waals surface area contributed by atoms with Crippen LogP contribution in [0, 0.1) is 0 Å². The van der Waals surface area contributed by atoms with Crippen LogP contribution < -0.4 is 5.32 Å². The molecule has 88 valence electrons. The summed E-state index contributed by atoms with van der Waals surface area (Å²) in [5.41, 5.74) is 1.16. The molecule has 1 aliphatic carbocycles. The fourth-order valence-corrected chi connectivity index (χ4v) is 2.19. The first-order valence-electron chi connectivity index (χ1n) is 5.87. The first-order chi connectivity index (χ1) is 7.77. The average Bonchev–Trinajstić information content (AvgIpc) is 2.32.